The first-order chi connectivity index (χ1) is 7.26. The zero-order valence-electron chi connectivity index (χ0n) is 9.08. The molecule has 0 aromatic heterocycles. The van der Waals surface area contributed by atoms with Gasteiger partial charge in [-0.05, 0) is 13.3 Å². The predicted octanol–water partition coefficient (Wildman–Crippen LogP) is 0.610. The van der Waals surface area contributed by atoms with Crippen LogP contribution in [0, 0.1) is 0 Å². The number of nitrogens with zero attached hydrogens (tertiary/aromatic N) is 1. The van der Waals surface area contributed by atoms with Crippen LogP contribution in [0.25, 0.3) is 0 Å². The van der Waals surface area contributed by atoms with Crippen LogP contribution < -0.4 is 0 Å². The van der Waals surface area contributed by atoms with Crippen molar-refractivity contribution in [3.63, 3.8) is 0 Å². The van der Waals surface area contributed by atoms with E-state index >= 15 is 0 Å². The maximum atomic E-state index is 12.0. The Morgan fingerprint density at radius 3 is 3.07 bits per heavy atom. The maximum absolute atomic E-state index is 12.0. The molecule has 0 aromatic carbocycles. The molecule has 0 aromatic rings. The van der Waals surface area contributed by atoms with Gasteiger partial charge in [-0.15, -0.1) is 0 Å². The van der Waals surface area contributed by atoms with Crippen LogP contribution in [0.5, 0.6) is 0 Å². The van der Waals surface area contributed by atoms with Gasteiger partial charge in [0, 0.05) is 26.2 Å². The second-order valence-electron chi connectivity index (χ2n) is 3.53. The lowest BCUT2D eigenvalue weighted by atomic mass is 10.3. The van der Waals surface area contributed by atoms with Gasteiger partial charge in [0.15, 0.2) is 0 Å². The molecule has 1 heterocycles. The topological polar surface area (TPSA) is 38.8 Å². The highest BCUT2D eigenvalue weighted by Crippen LogP contribution is 2.12. The van der Waals surface area contributed by atoms with Crippen molar-refractivity contribution in [1.29, 1.82) is 0 Å². The molecule has 0 N–H and O–H groups in total. The molecule has 0 radical (unpaired) electrons. The smallest absolute Gasteiger partial charge is 0.332 e. The van der Waals surface area contributed by atoms with Crippen LogP contribution in [-0.2, 0) is 14.3 Å². The molecule has 15 heavy (non-hydrogen) atoms. The first-order valence-corrected chi connectivity index (χ1v) is 5.31. The zero-order valence-corrected chi connectivity index (χ0v) is 9.08. The molecule has 0 amide bonds. The van der Waals surface area contributed by atoms with Crippen molar-refractivity contribution >= 4 is 5.97 Å². The number of likely N-dealkylation sites (tertiary alicyclic amines) is 1. The van der Waals surface area contributed by atoms with E-state index in [1.54, 1.807) is 0 Å². The molecule has 1 fully saturated rings. The van der Waals surface area contributed by atoms with Crippen molar-refractivity contribution in [3.05, 3.63) is 0 Å². The summed E-state index contributed by atoms with van der Waals surface area (Å²) < 4.78 is 22.1. The number of esters is 1. The minimum Gasteiger partial charge on any atom is -0.459 e. The fraction of sp³-hybridized carbons (Fsp3) is 0.900. The van der Waals surface area contributed by atoms with Crippen LogP contribution in [-0.4, -0.2) is 56.5 Å². The number of carbonyl (C=O) groups excluding carboxylic acids is 1. The third-order valence-corrected chi connectivity index (χ3v) is 2.35. The third kappa shape index (κ3) is 4.57. The number of hydrogen-bond acceptors (Lipinski definition) is 4. The number of ether oxygens (including phenoxy) is 2. The Bertz CT molecular complexity index is 201. The monoisotopic (exact) mass is 219 g/mol. The second kappa shape index (κ2) is 6.74. The van der Waals surface area contributed by atoms with Gasteiger partial charge < -0.3 is 9.47 Å². The van der Waals surface area contributed by atoms with E-state index in [4.69, 9.17) is 9.47 Å². The van der Waals surface area contributed by atoms with Gasteiger partial charge in [-0.1, -0.05) is 0 Å². The molecule has 1 unspecified atom stereocenters. The van der Waals surface area contributed by atoms with Crippen molar-refractivity contribution in [1.82, 2.24) is 4.90 Å². The third-order valence-electron chi connectivity index (χ3n) is 2.35. The summed E-state index contributed by atoms with van der Waals surface area (Å²) in [7, 11) is 0. The van der Waals surface area contributed by atoms with Crippen molar-refractivity contribution in [2.75, 3.05) is 39.5 Å². The van der Waals surface area contributed by atoms with Crippen molar-refractivity contribution in [3.8, 4) is 0 Å². The Kier molecular flexibility index (Phi) is 5.57. The summed E-state index contributed by atoms with van der Waals surface area (Å²) in [5.74, 6) is -0.330. The second-order valence-corrected chi connectivity index (χ2v) is 3.53. The average molecular weight is 219 g/mol. The van der Waals surface area contributed by atoms with Crippen molar-refractivity contribution in [2.45, 2.75) is 19.4 Å². The number of hydrogen-bond donors (Lipinski definition) is 0. The Labute approximate surface area is 89.3 Å². The Hall–Kier alpha value is -0.680. The standard InChI is InChI=1S/C10H18FNO3/c1-2-14-8-10(13)15-9-3-5-12(7-9)6-4-11/h9H,2-8H2,1H3. The van der Waals surface area contributed by atoms with Crippen LogP contribution in [0.15, 0.2) is 0 Å². The highest BCUT2D eigenvalue weighted by Gasteiger charge is 2.24. The Morgan fingerprint density at radius 1 is 1.60 bits per heavy atom. The van der Waals surface area contributed by atoms with E-state index in [0.29, 0.717) is 19.7 Å². The highest BCUT2D eigenvalue weighted by atomic mass is 19.1. The molecule has 88 valence electrons. The number of rotatable bonds is 6. The molecule has 1 rings (SSSR count). The molecule has 4 nitrogen and oxygen atoms in total. The molecule has 1 atom stereocenters. The molecule has 5 heteroatoms. The molecule has 1 saturated heterocycles. The van der Waals surface area contributed by atoms with Crippen LogP contribution >= 0.6 is 0 Å². The summed E-state index contributed by atoms with van der Waals surface area (Å²) in [4.78, 5) is 13.1. The number of carbonyl (C=O) groups is 1. The zero-order chi connectivity index (χ0) is 11.1. The quantitative estimate of drug-likeness (QED) is 0.614. The van der Waals surface area contributed by atoms with E-state index < -0.39 is 0 Å². The first-order valence-electron chi connectivity index (χ1n) is 5.31. The summed E-state index contributed by atoms with van der Waals surface area (Å²) in [5.41, 5.74) is 0. The van der Waals surface area contributed by atoms with Crippen LogP contribution in [0.3, 0.4) is 0 Å². The van der Waals surface area contributed by atoms with Gasteiger partial charge in [-0.25, -0.2) is 9.18 Å². The molecule has 1 aliphatic rings. The lowest BCUT2D eigenvalue weighted by molar-refractivity contribution is -0.153. The molecule has 0 aliphatic carbocycles. The van der Waals surface area contributed by atoms with Gasteiger partial charge in [-0.3, -0.25) is 4.90 Å². The largest absolute Gasteiger partial charge is 0.459 e. The fourth-order valence-corrected chi connectivity index (χ4v) is 1.62. The van der Waals surface area contributed by atoms with Gasteiger partial charge in [-0.2, -0.15) is 0 Å². The molecular weight excluding hydrogens is 201 g/mol. The highest BCUT2D eigenvalue weighted by molar-refractivity contribution is 5.70. The lowest BCUT2D eigenvalue weighted by Gasteiger charge is -2.14. The SMILES string of the molecule is CCOCC(=O)OC1CCN(CCF)C1. The van der Waals surface area contributed by atoms with Crippen LogP contribution in [0.2, 0.25) is 0 Å². The van der Waals surface area contributed by atoms with E-state index in [1.165, 1.54) is 0 Å². The van der Waals surface area contributed by atoms with Gasteiger partial charge in [0.2, 0.25) is 0 Å². The maximum Gasteiger partial charge on any atom is 0.332 e. The van der Waals surface area contributed by atoms with Gasteiger partial charge in [0.05, 0.1) is 0 Å². The Morgan fingerprint density at radius 2 is 2.40 bits per heavy atom. The van der Waals surface area contributed by atoms with E-state index in [1.807, 2.05) is 11.8 Å². The van der Waals surface area contributed by atoms with E-state index in [2.05, 4.69) is 0 Å². The minimum absolute atomic E-state index is 0.0100. The first kappa shape index (κ1) is 12.4. The van der Waals surface area contributed by atoms with Crippen LogP contribution in [0.4, 0.5) is 4.39 Å². The fourth-order valence-electron chi connectivity index (χ4n) is 1.62. The summed E-state index contributed by atoms with van der Waals surface area (Å²) in [6.45, 7) is 3.87. The normalized spacial score (nSPS) is 21.9. The Balaban J connectivity index is 2.15. The van der Waals surface area contributed by atoms with Gasteiger partial charge in [0.25, 0.3) is 0 Å². The molecule has 0 spiro atoms. The number of alkyl halides is 1. The number of halogens is 1. The van der Waals surface area contributed by atoms with Crippen molar-refractivity contribution < 1.29 is 18.7 Å². The van der Waals surface area contributed by atoms with Crippen molar-refractivity contribution in [2.24, 2.45) is 0 Å². The molecule has 1 aliphatic heterocycles. The predicted molar refractivity (Wildman–Crippen MR) is 53.4 cm³/mol. The van der Waals surface area contributed by atoms with Crippen LogP contribution in [0.1, 0.15) is 13.3 Å². The summed E-state index contributed by atoms with van der Waals surface area (Å²) >= 11 is 0. The summed E-state index contributed by atoms with van der Waals surface area (Å²) in [5, 5.41) is 0. The molecular formula is C10H18FNO3. The average Bonchev–Trinajstić information content (AvgIpc) is 2.63. The van der Waals surface area contributed by atoms with E-state index in [-0.39, 0.29) is 25.4 Å². The molecule has 0 saturated carbocycles. The van der Waals surface area contributed by atoms with E-state index in [9.17, 15) is 9.18 Å². The van der Waals surface area contributed by atoms with Gasteiger partial charge in [0.1, 0.15) is 19.4 Å². The molecule has 0 bridgehead atoms. The summed E-state index contributed by atoms with van der Waals surface area (Å²) in [6.07, 6.45) is 0.696. The summed E-state index contributed by atoms with van der Waals surface area (Å²) in [6, 6.07) is 0. The minimum atomic E-state index is -0.348. The van der Waals surface area contributed by atoms with Gasteiger partial charge >= 0.3 is 5.97 Å². The lowest BCUT2D eigenvalue weighted by Crippen LogP contribution is -2.27. The van der Waals surface area contributed by atoms with E-state index in [0.717, 1.165) is 13.0 Å².